The molecule has 1 aliphatic rings. The Morgan fingerprint density at radius 3 is 2.52 bits per heavy atom. The number of amides is 1. The number of aliphatic carboxylic acids is 1. The zero-order chi connectivity index (χ0) is 21.7. The van der Waals surface area contributed by atoms with Crippen molar-refractivity contribution in [2.75, 3.05) is 19.9 Å². The number of ether oxygens (including phenoxy) is 2. The summed E-state index contributed by atoms with van der Waals surface area (Å²) < 4.78 is 26.0. The molecule has 29 heavy (non-hydrogen) atoms. The molecule has 9 N–H and O–H groups in total. The topological polar surface area (TPSA) is 231 Å². The third kappa shape index (κ3) is 7.74. The average molecular weight is 444 g/mol. The molecule has 0 aromatic carbocycles. The number of aliphatic hydroxyl groups excluding tert-OH is 3. The summed E-state index contributed by atoms with van der Waals surface area (Å²) in [5, 5.41) is 42.7. The molecule has 1 saturated heterocycles. The van der Waals surface area contributed by atoms with Crippen LogP contribution in [0, 0.1) is 0 Å². The van der Waals surface area contributed by atoms with E-state index < -0.39 is 68.7 Å². The van der Waals surface area contributed by atoms with Crippen molar-refractivity contribution in [2.24, 2.45) is 0 Å². The molecule has 1 heterocycles. The second-order valence-corrected chi connectivity index (χ2v) is 8.16. The van der Waals surface area contributed by atoms with Gasteiger partial charge in [0.2, 0.25) is 5.91 Å². The van der Waals surface area contributed by atoms with Crippen molar-refractivity contribution in [3.8, 4) is 0 Å². The first-order valence-electron chi connectivity index (χ1n) is 8.23. The molecule has 0 aromatic heterocycles. The smallest absolute Gasteiger partial charge is 0.364 e. The summed E-state index contributed by atoms with van der Waals surface area (Å²) in [6.07, 6.45) is -6.36. The van der Waals surface area contributed by atoms with Gasteiger partial charge in [-0.25, -0.2) is 4.79 Å². The number of rotatable bonds is 10. The highest BCUT2D eigenvalue weighted by Gasteiger charge is 2.55. The Hall–Kier alpha value is -1.41. The summed E-state index contributed by atoms with van der Waals surface area (Å²) >= 11 is 0. The lowest BCUT2D eigenvalue weighted by Crippen LogP contribution is -2.67. The van der Waals surface area contributed by atoms with Gasteiger partial charge in [-0.3, -0.25) is 4.79 Å². The predicted octanol–water partition coefficient (Wildman–Crippen LogP) is -2.08. The fourth-order valence-corrected chi connectivity index (χ4v) is 3.10. The van der Waals surface area contributed by atoms with Crippen LogP contribution in [-0.2, 0) is 28.2 Å². The molecular weight excluding hydrogens is 415 g/mol. The normalized spacial score (nSPS) is 30.9. The van der Waals surface area contributed by atoms with Crippen molar-refractivity contribution >= 4 is 19.5 Å². The quantitative estimate of drug-likeness (QED) is 0.158. The minimum atomic E-state index is -4.22. The summed E-state index contributed by atoms with van der Waals surface area (Å²) in [5.41, 5.74) is 0. The van der Waals surface area contributed by atoms with Crippen molar-refractivity contribution in [2.45, 2.75) is 49.6 Å². The number of carboxylic acid groups (broad SMARTS) is 1. The minimum Gasteiger partial charge on any atom is -0.779 e. The Morgan fingerprint density at radius 2 is 2.07 bits per heavy atom. The number of carbonyl (C=O) groups is 2. The summed E-state index contributed by atoms with van der Waals surface area (Å²) in [4.78, 5) is 34.2. The molecule has 0 saturated carbocycles. The van der Waals surface area contributed by atoms with Gasteiger partial charge in [-0.05, 0) is 0 Å². The lowest BCUT2D eigenvalue weighted by Gasteiger charge is -2.46. The van der Waals surface area contributed by atoms with Gasteiger partial charge in [-0.1, -0.05) is 6.08 Å². The summed E-state index contributed by atoms with van der Waals surface area (Å²) in [6, 6.07) is -1.32. The first-order chi connectivity index (χ1) is 12.8. The fourth-order valence-electron chi connectivity index (χ4n) is 2.67. The molecule has 0 bridgehead atoms. The molecule has 1 rings (SSSR count). The van der Waals surface area contributed by atoms with Gasteiger partial charge >= 0.3 is 5.97 Å². The Labute approximate surface area is 167 Å². The molecule has 7 atom stereocenters. The zero-order valence-corrected chi connectivity index (χ0v) is 17.3. The van der Waals surface area contributed by atoms with Gasteiger partial charge in [0, 0.05) is 20.0 Å². The maximum Gasteiger partial charge on any atom is 0.364 e. The van der Waals surface area contributed by atoms with Gasteiger partial charge in [0.25, 0.3) is 5.79 Å². The van der Waals surface area contributed by atoms with Crippen LogP contribution in [0.1, 0.15) is 13.3 Å². The van der Waals surface area contributed by atoms with Crippen LogP contribution in [0.4, 0.5) is 0 Å². The van der Waals surface area contributed by atoms with Crippen molar-refractivity contribution in [3.05, 3.63) is 12.7 Å². The Bertz CT molecular complexity index is 627. The monoisotopic (exact) mass is 444 g/mol. The highest BCUT2D eigenvalue weighted by molar-refractivity contribution is 7.50. The number of carboxylic acids is 1. The van der Waals surface area contributed by atoms with Crippen LogP contribution in [0.3, 0.4) is 0 Å². The Kier molecular flexibility index (Phi) is 10.6. The van der Waals surface area contributed by atoms with Gasteiger partial charge in [0.05, 0.1) is 25.4 Å². The van der Waals surface area contributed by atoms with Crippen LogP contribution >= 0.6 is 7.60 Å². The van der Waals surface area contributed by atoms with E-state index in [1.807, 2.05) is 0 Å². The second-order valence-electron chi connectivity index (χ2n) is 6.36. The zero-order valence-electron chi connectivity index (χ0n) is 16.4. The van der Waals surface area contributed by atoms with Gasteiger partial charge < -0.3 is 55.3 Å². The van der Waals surface area contributed by atoms with E-state index in [4.69, 9.17) is 9.47 Å². The van der Waals surface area contributed by atoms with Crippen LogP contribution in [0.15, 0.2) is 12.7 Å². The van der Waals surface area contributed by atoms with Crippen LogP contribution in [0.2, 0.25) is 0 Å². The molecule has 0 aliphatic carbocycles. The van der Waals surface area contributed by atoms with E-state index in [0.29, 0.717) is 0 Å². The van der Waals surface area contributed by atoms with Crippen LogP contribution in [-0.4, -0.2) is 88.4 Å². The molecule has 1 unspecified atom stereocenters. The molecule has 0 aromatic rings. The molecule has 0 spiro atoms. The first-order valence-corrected chi connectivity index (χ1v) is 10.2. The lowest BCUT2D eigenvalue weighted by atomic mass is 9.88. The van der Waals surface area contributed by atoms with E-state index in [1.54, 1.807) is 0 Å². The van der Waals surface area contributed by atoms with E-state index >= 15 is 0 Å². The molecular formula is C15H29N2O11P. The number of quaternary nitrogens is 1. The SMILES string of the molecule is C=CCO[C@]1(C(=O)O)C[C@H](O)[C@@H](NC(C)=O)[C@H]([C@H](O)[C@H](O)COP(C)(=O)[O-])O1.[NH4+]. The number of hydrogen-bond donors (Lipinski definition) is 6. The molecule has 1 aliphatic heterocycles. The number of aliphatic hydroxyl groups is 3. The number of carbonyl (C=O) groups excluding carboxylic acids is 1. The van der Waals surface area contributed by atoms with Crippen molar-refractivity contribution in [1.29, 1.82) is 0 Å². The molecule has 170 valence electrons. The van der Waals surface area contributed by atoms with Crippen molar-refractivity contribution in [3.63, 3.8) is 0 Å². The number of hydrogen-bond acceptors (Lipinski definition) is 10. The molecule has 1 amide bonds. The summed E-state index contributed by atoms with van der Waals surface area (Å²) in [6.45, 7) is 4.14. The first kappa shape index (κ1) is 27.6. The molecule has 1 fully saturated rings. The third-order valence-electron chi connectivity index (χ3n) is 3.91. The summed E-state index contributed by atoms with van der Waals surface area (Å²) in [7, 11) is -4.22. The lowest BCUT2D eigenvalue weighted by molar-refractivity contribution is -0.308. The van der Waals surface area contributed by atoms with Gasteiger partial charge in [0.1, 0.15) is 25.9 Å². The largest absolute Gasteiger partial charge is 0.779 e. The van der Waals surface area contributed by atoms with Crippen molar-refractivity contribution in [1.82, 2.24) is 11.5 Å². The van der Waals surface area contributed by atoms with Crippen molar-refractivity contribution < 1.29 is 53.5 Å². The molecule has 0 radical (unpaired) electrons. The van der Waals surface area contributed by atoms with E-state index in [2.05, 4.69) is 16.4 Å². The van der Waals surface area contributed by atoms with E-state index in [-0.39, 0.29) is 12.8 Å². The van der Waals surface area contributed by atoms with E-state index in [1.165, 1.54) is 6.08 Å². The predicted molar refractivity (Wildman–Crippen MR) is 97.1 cm³/mol. The van der Waals surface area contributed by atoms with Gasteiger partial charge in [0.15, 0.2) is 0 Å². The molecule has 14 heteroatoms. The average Bonchev–Trinajstić information content (AvgIpc) is 2.58. The van der Waals surface area contributed by atoms with Gasteiger partial charge in [-0.15, -0.1) is 6.58 Å². The summed E-state index contributed by atoms with van der Waals surface area (Å²) in [5.74, 6) is -4.63. The minimum absolute atomic E-state index is 0. The third-order valence-corrected chi connectivity index (χ3v) is 4.53. The highest BCUT2D eigenvalue weighted by atomic mass is 31.2. The van der Waals surface area contributed by atoms with E-state index in [0.717, 1.165) is 13.6 Å². The Morgan fingerprint density at radius 1 is 1.48 bits per heavy atom. The highest BCUT2D eigenvalue weighted by Crippen LogP contribution is 2.35. The van der Waals surface area contributed by atoms with Gasteiger partial charge in [-0.2, -0.15) is 0 Å². The second kappa shape index (κ2) is 11.1. The number of nitrogens with one attached hydrogen (secondary N) is 1. The fraction of sp³-hybridized carbons (Fsp3) is 0.733. The van der Waals surface area contributed by atoms with Crippen LogP contribution in [0.5, 0.6) is 0 Å². The Balaban J connectivity index is 0.00000784. The van der Waals surface area contributed by atoms with Crippen LogP contribution in [0.25, 0.3) is 0 Å². The standard InChI is InChI=1S/C15H26NO11P.H3N/c1-4-5-25-15(14(21)22)6-9(18)11(16-8(2)17)13(27-15)12(20)10(19)7-26-28(3,23)24;/h4,9-13,18-20H,1,5-7H2,2-3H3,(H,16,17)(H,21,22)(H,23,24);1H3/t9-,10+,11+,12+,13+,15+;/m0./s1. The van der Waals surface area contributed by atoms with E-state index in [9.17, 15) is 39.5 Å². The van der Waals surface area contributed by atoms with Crippen LogP contribution < -0.4 is 16.4 Å². The maximum atomic E-state index is 11.7. The maximum absolute atomic E-state index is 11.7. The molecule has 13 nitrogen and oxygen atoms in total.